The average Bonchev–Trinajstić information content (AvgIpc) is 2.13. The first-order chi connectivity index (χ1) is 7.04. The molecule has 0 unspecified atom stereocenters. The second-order valence-corrected chi connectivity index (χ2v) is 4.00. The molecule has 0 fully saturated rings. The van der Waals surface area contributed by atoms with Crippen molar-refractivity contribution in [1.82, 2.24) is 4.57 Å². The second-order valence-electron chi connectivity index (χ2n) is 3.08. The average molecular weight is 274 g/mol. The van der Waals surface area contributed by atoms with Crippen molar-refractivity contribution < 1.29 is 9.53 Å². The number of halogens is 1. The predicted molar refractivity (Wildman–Crippen MR) is 59.8 cm³/mol. The molecule has 0 spiro atoms. The standard InChI is InChI=1S/C10H12BrNO3/c1-3-15-9(13)6-12-5-8(11)4-7(2)10(12)14/h4-5H,3,6H2,1-2H3. The summed E-state index contributed by atoms with van der Waals surface area (Å²) in [5.41, 5.74) is 0.417. The van der Waals surface area contributed by atoms with Crippen molar-refractivity contribution in [3.05, 3.63) is 32.7 Å². The summed E-state index contributed by atoms with van der Waals surface area (Å²) in [5.74, 6) is -0.405. The highest BCUT2D eigenvalue weighted by Gasteiger charge is 2.07. The van der Waals surface area contributed by atoms with Crippen LogP contribution in [-0.4, -0.2) is 17.1 Å². The maximum absolute atomic E-state index is 11.6. The number of hydrogen-bond acceptors (Lipinski definition) is 3. The Morgan fingerprint density at radius 3 is 2.87 bits per heavy atom. The lowest BCUT2D eigenvalue weighted by atomic mass is 10.3. The third-order valence-corrected chi connectivity index (χ3v) is 2.27. The van der Waals surface area contributed by atoms with E-state index >= 15 is 0 Å². The van der Waals surface area contributed by atoms with Crippen molar-refractivity contribution in [2.75, 3.05) is 6.61 Å². The van der Waals surface area contributed by atoms with Crippen molar-refractivity contribution in [3.63, 3.8) is 0 Å². The van der Waals surface area contributed by atoms with Gasteiger partial charge in [-0.25, -0.2) is 0 Å². The Balaban J connectivity index is 2.95. The van der Waals surface area contributed by atoms with Crippen molar-refractivity contribution in [2.24, 2.45) is 0 Å². The molecule has 0 aliphatic carbocycles. The number of hydrogen-bond donors (Lipinski definition) is 0. The minimum absolute atomic E-state index is 0.0487. The molecule has 1 heterocycles. The molecule has 82 valence electrons. The molecule has 0 radical (unpaired) electrons. The van der Waals surface area contributed by atoms with Gasteiger partial charge in [0.2, 0.25) is 0 Å². The van der Waals surface area contributed by atoms with Gasteiger partial charge < -0.3 is 9.30 Å². The minimum Gasteiger partial charge on any atom is -0.465 e. The van der Waals surface area contributed by atoms with Crippen LogP contribution in [0.5, 0.6) is 0 Å². The number of carbonyl (C=O) groups excluding carboxylic acids is 1. The molecule has 1 aromatic heterocycles. The van der Waals surface area contributed by atoms with Gasteiger partial charge in [-0.3, -0.25) is 9.59 Å². The predicted octanol–water partition coefficient (Wildman–Crippen LogP) is 1.48. The van der Waals surface area contributed by atoms with Crippen molar-refractivity contribution in [3.8, 4) is 0 Å². The van der Waals surface area contributed by atoms with Crippen LogP contribution in [0.15, 0.2) is 21.5 Å². The van der Waals surface area contributed by atoms with Gasteiger partial charge in [0.15, 0.2) is 0 Å². The lowest BCUT2D eigenvalue weighted by molar-refractivity contribution is -0.143. The van der Waals surface area contributed by atoms with E-state index in [9.17, 15) is 9.59 Å². The van der Waals surface area contributed by atoms with Crippen LogP contribution in [0.1, 0.15) is 12.5 Å². The molecule has 0 aromatic carbocycles. The molecular weight excluding hydrogens is 262 g/mol. The number of pyridine rings is 1. The number of aryl methyl sites for hydroxylation is 1. The Kier molecular flexibility index (Phi) is 4.08. The molecule has 15 heavy (non-hydrogen) atoms. The van der Waals surface area contributed by atoms with Crippen LogP contribution in [0.25, 0.3) is 0 Å². The van der Waals surface area contributed by atoms with Crippen LogP contribution in [0.2, 0.25) is 0 Å². The normalized spacial score (nSPS) is 10.1. The molecule has 1 aromatic rings. The van der Waals surface area contributed by atoms with Crippen LogP contribution in [0.4, 0.5) is 0 Å². The molecule has 0 aliphatic heterocycles. The highest BCUT2D eigenvalue weighted by atomic mass is 79.9. The van der Waals surface area contributed by atoms with E-state index in [0.717, 1.165) is 4.47 Å². The van der Waals surface area contributed by atoms with E-state index in [2.05, 4.69) is 15.9 Å². The zero-order chi connectivity index (χ0) is 11.4. The summed E-state index contributed by atoms with van der Waals surface area (Å²) >= 11 is 3.26. The van der Waals surface area contributed by atoms with Crippen molar-refractivity contribution in [2.45, 2.75) is 20.4 Å². The first kappa shape index (κ1) is 12.0. The Hall–Kier alpha value is -1.10. The molecule has 0 N–H and O–H groups in total. The third kappa shape index (κ3) is 3.20. The van der Waals surface area contributed by atoms with E-state index in [4.69, 9.17) is 4.74 Å². The van der Waals surface area contributed by atoms with Gasteiger partial charge >= 0.3 is 5.97 Å². The number of aromatic nitrogens is 1. The van der Waals surface area contributed by atoms with Crippen molar-refractivity contribution >= 4 is 21.9 Å². The second kappa shape index (κ2) is 5.11. The summed E-state index contributed by atoms with van der Waals surface area (Å²) in [6.07, 6.45) is 1.58. The zero-order valence-electron chi connectivity index (χ0n) is 8.62. The van der Waals surface area contributed by atoms with E-state index in [1.54, 1.807) is 26.1 Å². The maximum atomic E-state index is 11.6. The van der Waals surface area contributed by atoms with E-state index in [1.165, 1.54) is 4.57 Å². The van der Waals surface area contributed by atoms with Crippen LogP contribution < -0.4 is 5.56 Å². The van der Waals surface area contributed by atoms with Gasteiger partial charge in [0.25, 0.3) is 5.56 Å². The Labute approximate surface area is 96.0 Å². The summed E-state index contributed by atoms with van der Waals surface area (Å²) < 4.78 is 6.86. The Morgan fingerprint density at radius 2 is 2.27 bits per heavy atom. The Morgan fingerprint density at radius 1 is 1.60 bits per heavy atom. The van der Waals surface area contributed by atoms with Crippen molar-refractivity contribution in [1.29, 1.82) is 0 Å². The van der Waals surface area contributed by atoms with Gasteiger partial charge in [-0.2, -0.15) is 0 Å². The van der Waals surface area contributed by atoms with E-state index < -0.39 is 5.97 Å². The topological polar surface area (TPSA) is 48.3 Å². The number of esters is 1. The van der Waals surface area contributed by atoms with Gasteiger partial charge in [-0.1, -0.05) is 0 Å². The van der Waals surface area contributed by atoms with Crippen LogP contribution in [0.3, 0.4) is 0 Å². The number of nitrogens with zero attached hydrogens (tertiary/aromatic N) is 1. The number of rotatable bonds is 3. The first-order valence-electron chi connectivity index (χ1n) is 4.56. The summed E-state index contributed by atoms with van der Waals surface area (Å²) in [5, 5.41) is 0. The summed E-state index contributed by atoms with van der Waals surface area (Å²) in [6.45, 7) is 3.70. The first-order valence-corrected chi connectivity index (χ1v) is 5.36. The Bertz CT molecular complexity index is 425. The molecule has 0 saturated heterocycles. The molecule has 4 nitrogen and oxygen atoms in total. The molecule has 5 heteroatoms. The van der Waals surface area contributed by atoms with E-state index in [-0.39, 0.29) is 12.1 Å². The minimum atomic E-state index is -0.405. The van der Waals surface area contributed by atoms with Gasteiger partial charge in [0.1, 0.15) is 6.54 Å². The van der Waals surface area contributed by atoms with Gasteiger partial charge in [0.05, 0.1) is 6.61 Å². The van der Waals surface area contributed by atoms with Crippen LogP contribution in [0, 0.1) is 6.92 Å². The zero-order valence-corrected chi connectivity index (χ0v) is 10.2. The number of carbonyl (C=O) groups is 1. The van der Waals surface area contributed by atoms with E-state index in [0.29, 0.717) is 12.2 Å². The van der Waals surface area contributed by atoms with Gasteiger partial charge in [-0.15, -0.1) is 0 Å². The van der Waals surface area contributed by atoms with E-state index in [1.807, 2.05) is 0 Å². The molecule has 0 bridgehead atoms. The SMILES string of the molecule is CCOC(=O)Cn1cc(Br)cc(C)c1=O. The van der Waals surface area contributed by atoms with Gasteiger partial charge in [-0.05, 0) is 35.8 Å². The monoisotopic (exact) mass is 273 g/mol. The summed E-state index contributed by atoms with van der Waals surface area (Å²) in [4.78, 5) is 22.8. The maximum Gasteiger partial charge on any atom is 0.326 e. The fourth-order valence-electron chi connectivity index (χ4n) is 1.20. The molecular formula is C10H12BrNO3. The fraction of sp³-hybridized carbons (Fsp3) is 0.400. The highest BCUT2D eigenvalue weighted by Crippen LogP contribution is 2.07. The molecule has 0 atom stereocenters. The van der Waals surface area contributed by atoms with Crippen LogP contribution in [-0.2, 0) is 16.1 Å². The molecule has 1 rings (SSSR count). The fourth-order valence-corrected chi connectivity index (χ4v) is 1.79. The lowest BCUT2D eigenvalue weighted by Crippen LogP contribution is -2.26. The molecule has 0 saturated carbocycles. The lowest BCUT2D eigenvalue weighted by Gasteiger charge is -2.06. The number of ether oxygens (including phenoxy) is 1. The summed E-state index contributed by atoms with van der Waals surface area (Å²) in [6, 6.07) is 1.71. The largest absolute Gasteiger partial charge is 0.465 e. The quantitative estimate of drug-likeness (QED) is 0.784. The van der Waals surface area contributed by atoms with Gasteiger partial charge in [0, 0.05) is 16.2 Å². The van der Waals surface area contributed by atoms with Crippen LogP contribution >= 0.6 is 15.9 Å². The summed E-state index contributed by atoms with van der Waals surface area (Å²) in [7, 11) is 0. The third-order valence-electron chi connectivity index (χ3n) is 1.84. The molecule has 0 aliphatic rings. The highest BCUT2D eigenvalue weighted by molar-refractivity contribution is 9.10. The smallest absolute Gasteiger partial charge is 0.326 e. The molecule has 0 amide bonds.